The number of hydrogen-bond donors (Lipinski definition) is 3. The normalized spacial score (nSPS) is 20.7. The Balaban J connectivity index is 0.000000427. The minimum Gasteiger partial charge on any atom is -0.495 e. The molecular formula is C27H39F3N6O2. The van der Waals surface area contributed by atoms with Gasteiger partial charge in [0.2, 0.25) is 5.95 Å². The third-order valence-electron chi connectivity index (χ3n) is 7.23. The van der Waals surface area contributed by atoms with Gasteiger partial charge in [-0.2, -0.15) is 13.2 Å². The fourth-order valence-corrected chi connectivity index (χ4v) is 4.63. The number of hydrogen-bond acceptors (Lipinski definition) is 7. The fraction of sp³-hybridized carbons (Fsp3) is 0.593. The van der Waals surface area contributed by atoms with Gasteiger partial charge < -0.3 is 26.0 Å². The predicted molar refractivity (Wildman–Crippen MR) is 142 cm³/mol. The van der Waals surface area contributed by atoms with Crippen molar-refractivity contribution < 1.29 is 22.7 Å². The van der Waals surface area contributed by atoms with E-state index in [4.69, 9.17) is 10.5 Å². The van der Waals surface area contributed by atoms with Crippen LogP contribution in [0.3, 0.4) is 0 Å². The van der Waals surface area contributed by atoms with Crippen LogP contribution in [0.25, 0.3) is 0 Å². The summed E-state index contributed by atoms with van der Waals surface area (Å²) < 4.78 is 44.0. The van der Waals surface area contributed by atoms with E-state index >= 15 is 0 Å². The Morgan fingerprint density at radius 2 is 1.84 bits per heavy atom. The van der Waals surface area contributed by atoms with Crippen molar-refractivity contribution in [3.63, 3.8) is 0 Å². The molecule has 2 atom stereocenters. The number of piperidine rings is 1. The highest BCUT2D eigenvalue weighted by atomic mass is 19.4. The fourth-order valence-electron chi connectivity index (χ4n) is 4.63. The molecule has 2 heterocycles. The van der Waals surface area contributed by atoms with Crippen molar-refractivity contribution in [2.24, 2.45) is 11.7 Å². The second kappa shape index (κ2) is 13.2. The summed E-state index contributed by atoms with van der Waals surface area (Å²) in [4.78, 5) is 22.4. The second-order valence-electron chi connectivity index (χ2n) is 10.2. The molecule has 2 aromatic rings. The number of halogens is 3. The van der Waals surface area contributed by atoms with Crippen molar-refractivity contribution in [1.29, 1.82) is 0 Å². The number of alkyl halides is 3. The van der Waals surface area contributed by atoms with Gasteiger partial charge in [0.15, 0.2) is 0 Å². The van der Waals surface area contributed by atoms with E-state index in [-0.39, 0.29) is 23.6 Å². The number of aryl methyl sites for hydroxylation is 1. The summed E-state index contributed by atoms with van der Waals surface area (Å²) >= 11 is 0. The number of benzene rings is 1. The average molecular weight is 537 g/mol. The maximum absolute atomic E-state index is 12.9. The van der Waals surface area contributed by atoms with Gasteiger partial charge in [-0.25, -0.2) is 9.97 Å². The molecule has 2 fully saturated rings. The number of methoxy groups -OCH3 is 1. The zero-order valence-corrected chi connectivity index (χ0v) is 22.6. The minimum absolute atomic E-state index is 0.00215. The lowest BCUT2D eigenvalue weighted by atomic mass is 9.87. The van der Waals surface area contributed by atoms with E-state index in [1.54, 1.807) is 18.2 Å². The maximum Gasteiger partial charge on any atom is 0.419 e. The standard InChI is InChI=1S/C20H24F3N5O2.C7H15N/c1-12-15(20(21,22)23)11-24-19(25-12)27-16-5-4-13(10-17(16)30-3)18(29)26-14-6-8-28(2)9-7-14;1-6-4-2-3-5-7(6)8/h4-5,10-11,14H,6-9H2,1-3H3,(H,26,29)(H,24,25,27);6-7H,2-5,8H2,1H3/t;6-,7-/m.1/s1. The Morgan fingerprint density at radius 1 is 1.16 bits per heavy atom. The molecule has 4 N–H and O–H groups in total. The van der Waals surface area contributed by atoms with Gasteiger partial charge in [0.1, 0.15) is 5.75 Å². The highest BCUT2D eigenvalue weighted by Gasteiger charge is 2.33. The lowest BCUT2D eigenvalue weighted by Crippen LogP contribution is -2.43. The monoisotopic (exact) mass is 536 g/mol. The zero-order chi connectivity index (χ0) is 27.9. The van der Waals surface area contributed by atoms with Crippen LogP contribution in [-0.4, -0.2) is 60.1 Å². The summed E-state index contributed by atoms with van der Waals surface area (Å²) in [7, 11) is 3.49. The Labute approximate surface area is 222 Å². The number of likely N-dealkylation sites (tertiary alicyclic amines) is 1. The van der Waals surface area contributed by atoms with Crippen LogP contribution in [-0.2, 0) is 6.18 Å². The van der Waals surface area contributed by atoms with E-state index in [0.29, 0.717) is 23.0 Å². The molecule has 1 aliphatic carbocycles. The molecule has 0 radical (unpaired) electrons. The summed E-state index contributed by atoms with van der Waals surface area (Å²) in [6, 6.07) is 5.43. The van der Waals surface area contributed by atoms with Crippen molar-refractivity contribution in [2.75, 3.05) is 32.6 Å². The molecule has 4 rings (SSSR count). The third-order valence-corrected chi connectivity index (χ3v) is 7.23. The van der Waals surface area contributed by atoms with E-state index < -0.39 is 11.7 Å². The number of amides is 1. The van der Waals surface area contributed by atoms with Gasteiger partial charge in [-0.3, -0.25) is 4.79 Å². The minimum atomic E-state index is -4.51. The molecule has 1 saturated carbocycles. The first-order valence-corrected chi connectivity index (χ1v) is 13.1. The number of ether oxygens (including phenoxy) is 1. The molecular weight excluding hydrogens is 497 g/mol. The van der Waals surface area contributed by atoms with Gasteiger partial charge in [-0.15, -0.1) is 0 Å². The van der Waals surface area contributed by atoms with Crippen molar-refractivity contribution >= 4 is 17.5 Å². The predicted octanol–water partition coefficient (Wildman–Crippen LogP) is 4.90. The van der Waals surface area contributed by atoms with Gasteiger partial charge in [0.25, 0.3) is 5.91 Å². The number of aromatic nitrogens is 2. The first-order valence-electron chi connectivity index (χ1n) is 13.1. The van der Waals surface area contributed by atoms with Crippen LogP contribution < -0.4 is 21.1 Å². The maximum atomic E-state index is 12.9. The number of carbonyl (C=O) groups excluding carboxylic acids is 1. The molecule has 1 aliphatic heterocycles. The zero-order valence-electron chi connectivity index (χ0n) is 22.6. The number of nitrogens with two attached hydrogens (primary N) is 1. The molecule has 38 heavy (non-hydrogen) atoms. The highest BCUT2D eigenvalue weighted by molar-refractivity contribution is 5.95. The van der Waals surface area contributed by atoms with Crippen LogP contribution in [0, 0.1) is 12.8 Å². The molecule has 0 unspecified atom stereocenters. The van der Waals surface area contributed by atoms with E-state index in [1.807, 2.05) is 0 Å². The quantitative estimate of drug-likeness (QED) is 0.499. The highest BCUT2D eigenvalue weighted by Crippen LogP contribution is 2.32. The third kappa shape index (κ3) is 8.29. The van der Waals surface area contributed by atoms with E-state index in [9.17, 15) is 18.0 Å². The van der Waals surface area contributed by atoms with Crippen molar-refractivity contribution in [2.45, 2.75) is 70.6 Å². The topological polar surface area (TPSA) is 105 Å². The molecule has 0 bridgehead atoms. The van der Waals surface area contributed by atoms with Gasteiger partial charge in [-0.1, -0.05) is 19.8 Å². The Kier molecular flexibility index (Phi) is 10.3. The van der Waals surface area contributed by atoms with Crippen LogP contribution in [0.15, 0.2) is 24.4 Å². The molecule has 210 valence electrons. The Morgan fingerprint density at radius 3 is 2.39 bits per heavy atom. The van der Waals surface area contributed by atoms with Gasteiger partial charge in [0, 0.05) is 23.8 Å². The first-order chi connectivity index (χ1) is 18.0. The summed E-state index contributed by atoms with van der Waals surface area (Å²) in [5.74, 6) is 0.939. The van der Waals surface area contributed by atoms with E-state index in [2.05, 4.69) is 39.5 Å². The summed E-state index contributed by atoms with van der Waals surface area (Å²) in [6.07, 6.45) is 3.36. The number of rotatable bonds is 5. The van der Waals surface area contributed by atoms with E-state index in [0.717, 1.165) is 38.0 Å². The molecule has 1 saturated heterocycles. The summed E-state index contributed by atoms with van der Waals surface area (Å²) in [5, 5.41) is 5.87. The smallest absolute Gasteiger partial charge is 0.419 e. The van der Waals surface area contributed by atoms with Gasteiger partial charge in [0.05, 0.1) is 24.1 Å². The molecule has 2 aliphatic rings. The van der Waals surface area contributed by atoms with Crippen LogP contribution in [0.1, 0.15) is 67.1 Å². The van der Waals surface area contributed by atoms with Crippen LogP contribution >= 0.6 is 0 Å². The number of anilines is 2. The van der Waals surface area contributed by atoms with Crippen LogP contribution in [0.5, 0.6) is 5.75 Å². The Hall–Kier alpha value is -2.92. The van der Waals surface area contributed by atoms with Crippen molar-refractivity contribution in [1.82, 2.24) is 20.2 Å². The number of nitrogens with zero attached hydrogens (tertiary/aromatic N) is 3. The first kappa shape index (κ1) is 29.6. The van der Waals surface area contributed by atoms with Crippen molar-refractivity contribution in [3.05, 3.63) is 41.2 Å². The van der Waals surface area contributed by atoms with Gasteiger partial charge >= 0.3 is 6.18 Å². The average Bonchev–Trinajstić information content (AvgIpc) is 2.87. The van der Waals surface area contributed by atoms with E-state index in [1.165, 1.54) is 39.7 Å². The SMILES string of the molecule is COc1cc(C(=O)NC2CCN(C)CC2)ccc1Nc1ncc(C(F)(F)F)c(C)n1.C[C@@H]1CCCC[C@H]1N. The van der Waals surface area contributed by atoms with Crippen LogP contribution in [0.2, 0.25) is 0 Å². The Bertz CT molecular complexity index is 1060. The lowest BCUT2D eigenvalue weighted by molar-refractivity contribution is -0.138. The summed E-state index contributed by atoms with van der Waals surface area (Å²) in [6.45, 7) is 5.39. The number of nitrogens with one attached hydrogen (secondary N) is 2. The molecule has 1 amide bonds. The molecule has 11 heteroatoms. The van der Waals surface area contributed by atoms with Gasteiger partial charge in [-0.05, 0) is 76.9 Å². The summed E-state index contributed by atoms with van der Waals surface area (Å²) in [5.41, 5.74) is 5.57. The molecule has 1 aromatic heterocycles. The second-order valence-corrected chi connectivity index (χ2v) is 10.2. The van der Waals surface area contributed by atoms with Crippen molar-refractivity contribution in [3.8, 4) is 5.75 Å². The largest absolute Gasteiger partial charge is 0.495 e. The molecule has 0 spiro atoms. The van der Waals surface area contributed by atoms with Crippen LogP contribution in [0.4, 0.5) is 24.8 Å². The number of carbonyl (C=O) groups is 1. The lowest BCUT2D eigenvalue weighted by Gasteiger charge is -2.29. The molecule has 1 aromatic carbocycles. The molecule has 8 nitrogen and oxygen atoms in total.